The van der Waals surface area contributed by atoms with Gasteiger partial charge in [0.1, 0.15) is 0 Å². The van der Waals surface area contributed by atoms with Crippen molar-refractivity contribution < 1.29 is 33.8 Å². The van der Waals surface area contributed by atoms with E-state index in [0.717, 1.165) is 12.0 Å². The van der Waals surface area contributed by atoms with Gasteiger partial charge in [0.2, 0.25) is 5.78 Å². The van der Waals surface area contributed by atoms with Crippen LogP contribution in [0.25, 0.3) is 0 Å². The zero-order valence-corrected chi connectivity index (χ0v) is 22.0. The number of ether oxygens (including phenoxy) is 2. The molecule has 0 aromatic heterocycles. The number of aliphatic hydroxyl groups is 1. The fourth-order valence-electron chi connectivity index (χ4n) is 8.05. The van der Waals surface area contributed by atoms with Gasteiger partial charge in [0.15, 0.2) is 18.0 Å². The van der Waals surface area contributed by atoms with Crippen LogP contribution in [0.5, 0.6) is 0 Å². The number of aliphatic hydroxyl groups excluding tert-OH is 1. The number of carbonyl (C=O) groups excluding carboxylic acids is 4. The molecule has 4 rings (SSSR count). The third-order valence-corrected chi connectivity index (χ3v) is 9.87. The van der Waals surface area contributed by atoms with Crippen molar-refractivity contribution in [3.05, 3.63) is 23.8 Å². The van der Waals surface area contributed by atoms with Crippen molar-refractivity contribution in [1.82, 2.24) is 0 Å². The van der Waals surface area contributed by atoms with Gasteiger partial charge in [-0.1, -0.05) is 32.4 Å². The zero-order chi connectivity index (χ0) is 25.8. The molecule has 0 heterocycles. The first-order valence-electron chi connectivity index (χ1n) is 12.4. The standard InChI is InChI=1S/C27H36O7S/c1-15-10-18-19-7-9-27(34-23(32)14-35-5,22(31)13-33-16(2)28)26(19,4)12-21(30)24(18)25(3)8-6-17(29)11-20(15)25/h6,8,11,15,18-19,21,24,30H,7,9-10,12-14H2,1-5H3/t15?,18-,19-,21?,24+,25-,26-,27-/m0/s1. The average Bonchev–Trinajstić information content (AvgIpc) is 3.05. The lowest BCUT2D eigenvalue weighted by Crippen LogP contribution is -2.63. The number of carbonyl (C=O) groups is 4. The Bertz CT molecular complexity index is 1000. The summed E-state index contributed by atoms with van der Waals surface area (Å²) in [5, 5.41) is 11.7. The first-order valence-corrected chi connectivity index (χ1v) is 13.8. The van der Waals surface area contributed by atoms with Crippen LogP contribution in [-0.4, -0.2) is 58.9 Å². The Kier molecular flexibility index (Phi) is 6.86. The highest BCUT2D eigenvalue weighted by Crippen LogP contribution is 2.68. The Morgan fingerprint density at radius 3 is 2.63 bits per heavy atom. The van der Waals surface area contributed by atoms with Crippen molar-refractivity contribution in [3.63, 3.8) is 0 Å². The summed E-state index contributed by atoms with van der Waals surface area (Å²) in [6.45, 7) is 6.97. The van der Waals surface area contributed by atoms with Gasteiger partial charge in [0.25, 0.3) is 0 Å². The molecule has 8 atom stereocenters. The quantitative estimate of drug-likeness (QED) is 0.549. The summed E-state index contributed by atoms with van der Waals surface area (Å²) in [4.78, 5) is 50.0. The molecule has 0 aromatic carbocycles. The van der Waals surface area contributed by atoms with Crippen molar-refractivity contribution >= 4 is 35.3 Å². The summed E-state index contributed by atoms with van der Waals surface area (Å²) >= 11 is 1.32. The van der Waals surface area contributed by atoms with Crippen molar-refractivity contribution in [2.24, 2.45) is 34.5 Å². The fraction of sp³-hybridized carbons (Fsp3) is 0.704. The number of Topliss-reactive ketones (excluding diaryl/α,β-unsaturated/α-hetero) is 1. The average molecular weight is 505 g/mol. The van der Waals surface area contributed by atoms with E-state index in [1.807, 2.05) is 13.0 Å². The minimum atomic E-state index is -1.45. The molecule has 0 aliphatic heterocycles. The number of ketones is 2. The molecule has 3 fully saturated rings. The Morgan fingerprint density at radius 2 is 1.97 bits per heavy atom. The van der Waals surface area contributed by atoms with E-state index in [2.05, 4.69) is 13.8 Å². The van der Waals surface area contributed by atoms with Crippen molar-refractivity contribution in [2.45, 2.75) is 65.1 Å². The maximum absolute atomic E-state index is 13.6. The molecule has 2 unspecified atom stereocenters. The van der Waals surface area contributed by atoms with E-state index in [0.29, 0.717) is 12.8 Å². The zero-order valence-electron chi connectivity index (χ0n) is 21.2. The summed E-state index contributed by atoms with van der Waals surface area (Å²) < 4.78 is 11.1. The first-order chi connectivity index (χ1) is 16.4. The lowest BCUT2D eigenvalue weighted by atomic mass is 9.44. The minimum Gasteiger partial charge on any atom is -0.458 e. The molecular weight excluding hydrogens is 468 g/mol. The van der Waals surface area contributed by atoms with Gasteiger partial charge in [-0.15, -0.1) is 0 Å². The van der Waals surface area contributed by atoms with E-state index in [9.17, 15) is 24.3 Å². The molecule has 0 saturated heterocycles. The van der Waals surface area contributed by atoms with Gasteiger partial charge < -0.3 is 14.6 Å². The van der Waals surface area contributed by atoms with E-state index >= 15 is 0 Å². The number of esters is 2. The number of hydrogen-bond acceptors (Lipinski definition) is 8. The number of rotatable bonds is 6. The summed E-state index contributed by atoms with van der Waals surface area (Å²) in [7, 11) is 0. The second-order valence-corrected chi connectivity index (χ2v) is 12.1. The maximum atomic E-state index is 13.6. The Morgan fingerprint density at radius 1 is 1.26 bits per heavy atom. The normalized spacial score (nSPS) is 41.8. The van der Waals surface area contributed by atoms with Crippen LogP contribution in [0.4, 0.5) is 0 Å². The Balaban J connectivity index is 1.75. The number of thioether (sulfide) groups is 1. The van der Waals surface area contributed by atoms with Crippen LogP contribution in [0, 0.1) is 34.5 Å². The molecule has 0 aromatic rings. The molecule has 0 spiro atoms. The molecule has 1 N–H and O–H groups in total. The summed E-state index contributed by atoms with van der Waals surface area (Å²) in [6.07, 6.45) is 8.42. The molecule has 3 saturated carbocycles. The largest absolute Gasteiger partial charge is 0.458 e. The SMILES string of the molecule is CSCC(=O)O[C@]1(C(=O)COC(C)=O)CC[C@H]2[C@@H]3CC(C)C4=CC(=O)C=C[C@]4(C)[C@H]3C(O)C[C@@]21C. The molecule has 35 heavy (non-hydrogen) atoms. The third-order valence-electron chi connectivity index (χ3n) is 9.34. The van der Waals surface area contributed by atoms with E-state index in [4.69, 9.17) is 9.47 Å². The Hall–Kier alpha value is -1.93. The molecule has 7 nitrogen and oxygen atoms in total. The van der Waals surface area contributed by atoms with Gasteiger partial charge in [0, 0.05) is 23.7 Å². The molecule has 0 bridgehead atoms. The lowest BCUT2D eigenvalue weighted by molar-refractivity contribution is -0.200. The van der Waals surface area contributed by atoms with Gasteiger partial charge >= 0.3 is 11.9 Å². The van der Waals surface area contributed by atoms with Crippen LogP contribution < -0.4 is 0 Å². The van der Waals surface area contributed by atoms with Crippen LogP contribution in [0.2, 0.25) is 0 Å². The highest BCUT2D eigenvalue weighted by molar-refractivity contribution is 7.99. The fourth-order valence-corrected chi connectivity index (χ4v) is 8.34. The summed E-state index contributed by atoms with van der Waals surface area (Å²) in [5.41, 5.74) is -1.63. The molecule has 4 aliphatic rings. The summed E-state index contributed by atoms with van der Waals surface area (Å²) in [5.74, 6) is -1.21. The maximum Gasteiger partial charge on any atom is 0.316 e. The monoisotopic (exact) mass is 504 g/mol. The second-order valence-electron chi connectivity index (χ2n) is 11.2. The van der Waals surface area contributed by atoms with Gasteiger partial charge in [-0.25, -0.2) is 0 Å². The van der Waals surface area contributed by atoms with E-state index < -0.39 is 46.9 Å². The first kappa shape index (κ1) is 26.1. The molecule has 4 aliphatic carbocycles. The minimum absolute atomic E-state index is 0.0189. The van der Waals surface area contributed by atoms with Crippen LogP contribution in [0.1, 0.15) is 53.4 Å². The lowest BCUT2D eigenvalue weighted by Gasteiger charge is -2.61. The van der Waals surface area contributed by atoms with Gasteiger partial charge in [0.05, 0.1) is 11.9 Å². The van der Waals surface area contributed by atoms with E-state index in [-0.39, 0.29) is 41.6 Å². The second kappa shape index (κ2) is 9.18. The van der Waals surface area contributed by atoms with Crippen molar-refractivity contribution in [3.8, 4) is 0 Å². The van der Waals surface area contributed by atoms with Crippen LogP contribution in [0.15, 0.2) is 23.8 Å². The van der Waals surface area contributed by atoms with Gasteiger partial charge in [-0.05, 0) is 61.8 Å². The van der Waals surface area contributed by atoms with E-state index in [1.165, 1.54) is 18.7 Å². The topological polar surface area (TPSA) is 107 Å². The number of allylic oxidation sites excluding steroid dienone is 4. The molecule has 0 radical (unpaired) electrons. The Labute approximate surface area is 211 Å². The highest BCUT2D eigenvalue weighted by Gasteiger charge is 2.70. The predicted octanol–water partition coefficient (Wildman–Crippen LogP) is 3.29. The highest BCUT2D eigenvalue weighted by atomic mass is 32.2. The van der Waals surface area contributed by atoms with Gasteiger partial charge in [-0.3, -0.25) is 19.2 Å². The van der Waals surface area contributed by atoms with Crippen LogP contribution in [-0.2, 0) is 28.7 Å². The molecule has 0 amide bonds. The molecular formula is C27H36O7S. The van der Waals surface area contributed by atoms with Crippen molar-refractivity contribution in [1.29, 1.82) is 0 Å². The van der Waals surface area contributed by atoms with Crippen molar-refractivity contribution in [2.75, 3.05) is 18.6 Å². The molecule has 192 valence electrons. The predicted molar refractivity (Wildman–Crippen MR) is 131 cm³/mol. The van der Waals surface area contributed by atoms with E-state index in [1.54, 1.807) is 18.4 Å². The van der Waals surface area contributed by atoms with Crippen LogP contribution in [0.3, 0.4) is 0 Å². The number of fused-ring (bicyclic) bond motifs is 5. The third kappa shape index (κ3) is 4.01. The summed E-state index contributed by atoms with van der Waals surface area (Å²) in [6, 6.07) is 0. The smallest absolute Gasteiger partial charge is 0.316 e. The molecule has 8 heteroatoms. The number of hydrogen-bond donors (Lipinski definition) is 1. The van der Waals surface area contributed by atoms with Crippen LogP contribution >= 0.6 is 11.8 Å². The van der Waals surface area contributed by atoms with Gasteiger partial charge in [-0.2, -0.15) is 11.8 Å².